The molecule has 0 aliphatic carbocycles. The van der Waals surface area contributed by atoms with Crippen LogP contribution in [0.25, 0.3) is 0 Å². The molecule has 10 nitrogen and oxygen atoms in total. The van der Waals surface area contributed by atoms with Crippen molar-refractivity contribution < 1.29 is 33.8 Å². The summed E-state index contributed by atoms with van der Waals surface area (Å²) >= 11 is 0. The minimum absolute atomic E-state index is 0.0422. The maximum absolute atomic E-state index is 12.0. The van der Waals surface area contributed by atoms with Crippen molar-refractivity contribution in [2.24, 2.45) is 0 Å². The summed E-state index contributed by atoms with van der Waals surface area (Å²) in [5.41, 5.74) is 0. The summed E-state index contributed by atoms with van der Waals surface area (Å²) < 4.78 is 4.48. The van der Waals surface area contributed by atoms with Gasteiger partial charge in [0.15, 0.2) is 6.04 Å². The number of carboxylic acid groups (broad SMARTS) is 1. The molecule has 122 valence electrons. The van der Waals surface area contributed by atoms with Crippen LogP contribution in [0.3, 0.4) is 0 Å². The highest BCUT2D eigenvalue weighted by Gasteiger charge is 2.38. The molecule has 4 amide bonds. The molecule has 1 rings (SSSR count). The van der Waals surface area contributed by atoms with Crippen LogP contribution in [0.2, 0.25) is 0 Å². The molecule has 0 bridgehead atoms. The van der Waals surface area contributed by atoms with Gasteiger partial charge in [0, 0.05) is 19.6 Å². The molecule has 0 spiro atoms. The van der Waals surface area contributed by atoms with E-state index in [1.807, 2.05) is 0 Å². The van der Waals surface area contributed by atoms with Crippen molar-refractivity contribution in [1.29, 1.82) is 0 Å². The average molecular weight is 315 g/mol. The number of amides is 4. The zero-order valence-electron chi connectivity index (χ0n) is 12.1. The van der Waals surface area contributed by atoms with Crippen LogP contribution in [0.1, 0.15) is 13.8 Å². The summed E-state index contributed by atoms with van der Waals surface area (Å²) in [7, 11) is 0. The Labute approximate surface area is 126 Å². The first-order valence-electron chi connectivity index (χ1n) is 6.56. The topological polar surface area (TPSA) is 133 Å². The summed E-state index contributed by atoms with van der Waals surface area (Å²) in [5, 5.41) is 11.1. The number of aliphatic carboxylic acids is 1. The Balaban J connectivity index is 2.78. The second-order valence-corrected chi connectivity index (χ2v) is 4.54. The van der Waals surface area contributed by atoms with Gasteiger partial charge in [-0.1, -0.05) is 0 Å². The van der Waals surface area contributed by atoms with Crippen LogP contribution in [0.5, 0.6) is 0 Å². The smallest absolute Gasteiger partial charge is 0.330 e. The van der Waals surface area contributed by atoms with Crippen molar-refractivity contribution in [3.05, 3.63) is 0 Å². The molecular weight excluding hydrogens is 298 g/mol. The van der Waals surface area contributed by atoms with E-state index >= 15 is 0 Å². The molecule has 1 fully saturated rings. The van der Waals surface area contributed by atoms with E-state index in [0.717, 1.165) is 0 Å². The number of hydrogen-bond acceptors (Lipinski definition) is 6. The number of hydrogen-bond donors (Lipinski definition) is 2. The third kappa shape index (κ3) is 3.71. The van der Waals surface area contributed by atoms with Crippen LogP contribution in [-0.4, -0.2) is 77.0 Å². The maximum Gasteiger partial charge on any atom is 0.330 e. The van der Waals surface area contributed by atoms with E-state index in [1.54, 1.807) is 6.92 Å². The fraction of sp³-hybridized carbons (Fsp3) is 0.583. The van der Waals surface area contributed by atoms with Gasteiger partial charge in [-0.2, -0.15) is 0 Å². The standard InChI is InChI=1S/C12H17N3O7/c1-3-14-4-5-15(10(18)9(14)17)12(21)13-8(11(19)20)7(2)22-6-16/h6-8H,3-5H2,1-2H3,(H,13,21)(H,19,20). The van der Waals surface area contributed by atoms with Gasteiger partial charge in [-0.15, -0.1) is 0 Å². The van der Waals surface area contributed by atoms with Crippen molar-refractivity contribution in [3.63, 3.8) is 0 Å². The van der Waals surface area contributed by atoms with Gasteiger partial charge in [0.2, 0.25) is 0 Å². The third-order valence-corrected chi connectivity index (χ3v) is 3.22. The quantitative estimate of drug-likeness (QED) is 0.445. The minimum atomic E-state index is -1.54. The summed E-state index contributed by atoms with van der Waals surface area (Å²) in [6.07, 6.45) is -1.14. The van der Waals surface area contributed by atoms with Gasteiger partial charge in [0.05, 0.1) is 0 Å². The fourth-order valence-corrected chi connectivity index (χ4v) is 1.93. The van der Waals surface area contributed by atoms with E-state index in [-0.39, 0.29) is 19.6 Å². The van der Waals surface area contributed by atoms with Crippen LogP contribution in [0.15, 0.2) is 0 Å². The molecule has 1 saturated heterocycles. The van der Waals surface area contributed by atoms with Crippen LogP contribution >= 0.6 is 0 Å². The Morgan fingerprint density at radius 2 is 2.00 bits per heavy atom. The highest BCUT2D eigenvalue weighted by Crippen LogP contribution is 2.07. The van der Waals surface area contributed by atoms with Crippen molar-refractivity contribution in [2.45, 2.75) is 26.0 Å². The van der Waals surface area contributed by atoms with Gasteiger partial charge >= 0.3 is 23.8 Å². The van der Waals surface area contributed by atoms with Gasteiger partial charge in [-0.25, -0.2) is 9.59 Å². The molecule has 10 heteroatoms. The molecule has 2 atom stereocenters. The number of urea groups is 1. The monoisotopic (exact) mass is 315 g/mol. The first-order chi connectivity index (χ1) is 10.3. The largest absolute Gasteiger partial charge is 0.480 e. The number of rotatable bonds is 6. The Bertz CT molecular complexity index is 493. The zero-order valence-corrected chi connectivity index (χ0v) is 12.1. The van der Waals surface area contributed by atoms with Crippen molar-refractivity contribution in [1.82, 2.24) is 15.1 Å². The molecule has 0 aromatic heterocycles. The first kappa shape index (κ1) is 17.4. The number of imide groups is 1. The molecule has 1 aliphatic heterocycles. The number of carbonyl (C=O) groups is 5. The molecule has 1 aliphatic rings. The Morgan fingerprint density at radius 1 is 1.36 bits per heavy atom. The molecule has 0 saturated carbocycles. The highest BCUT2D eigenvalue weighted by molar-refractivity contribution is 6.38. The lowest BCUT2D eigenvalue weighted by Crippen LogP contribution is -2.61. The Kier molecular flexibility index (Phi) is 5.84. The SMILES string of the molecule is CCN1CCN(C(=O)NC(C(=O)O)C(C)OC=O)C(=O)C1=O. The number of nitrogens with zero attached hydrogens (tertiary/aromatic N) is 2. The zero-order chi connectivity index (χ0) is 16.9. The van der Waals surface area contributed by atoms with Gasteiger partial charge in [0.25, 0.3) is 6.47 Å². The van der Waals surface area contributed by atoms with Crippen molar-refractivity contribution >= 4 is 30.3 Å². The van der Waals surface area contributed by atoms with Gasteiger partial charge in [-0.05, 0) is 13.8 Å². The molecule has 22 heavy (non-hydrogen) atoms. The second kappa shape index (κ2) is 7.38. The van der Waals surface area contributed by atoms with Gasteiger partial charge in [0.1, 0.15) is 6.10 Å². The molecule has 2 N–H and O–H groups in total. The highest BCUT2D eigenvalue weighted by atomic mass is 16.5. The number of likely N-dealkylation sites (N-methyl/N-ethyl adjacent to an activating group) is 1. The number of carboxylic acids is 1. The molecular formula is C12H17N3O7. The lowest BCUT2D eigenvalue weighted by Gasteiger charge is -2.32. The number of carbonyl (C=O) groups excluding carboxylic acids is 4. The van der Waals surface area contributed by atoms with Crippen LogP contribution < -0.4 is 5.32 Å². The van der Waals surface area contributed by atoms with E-state index in [0.29, 0.717) is 11.4 Å². The van der Waals surface area contributed by atoms with Crippen molar-refractivity contribution in [3.8, 4) is 0 Å². The van der Waals surface area contributed by atoms with Gasteiger partial charge < -0.3 is 20.1 Å². The van der Waals surface area contributed by atoms with E-state index in [2.05, 4.69) is 10.1 Å². The minimum Gasteiger partial charge on any atom is -0.480 e. The molecule has 0 aromatic carbocycles. The average Bonchev–Trinajstić information content (AvgIpc) is 2.47. The summed E-state index contributed by atoms with van der Waals surface area (Å²) in [4.78, 5) is 58.8. The first-order valence-corrected chi connectivity index (χ1v) is 6.56. The van der Waals surface area contributed by atoms with E-state index in [1.165, 1.54) is 11.8 Å². The van der Waals surface area contributed by atoms with E-state index in [9.17, 15) is 24.0 Å². The normalized spacial score (nSPS) is 17.7. The molecule has 0 aromatic rings. The molecule has 2 unspecified atom stereocenters. The lowest BCUT2D eigenvalue weighted by molar-refractivity contribution is -0.153. The lowest BCUT2D eigenvalue weighted by atomic mass is 10.2. The van der Waals surface area contributed by atoms with E-state index in [4.69, 9.17) is 5.11 Å². The number of nitrogens with one attached hydrogen (secondary N) is 1. The third-order valence-electron chi connectivity index (χ3n) is 3.22. The van der Waals surface area contributed by atoms with Crippen LogP contribution in [0.4, 0.5) is 4.79 Å². The fourth-order valence-electron chi connectivity index (χ4n) is 1.93. The maximum atomic E-state index is 12.0. The Hall–Kier alpha value is -2.65. The molecule has 0 radical (unpaired) electrons. The summed E-state index contributed by atoms with van der Waals surface area (Å²) in [6, 6.07) is -2.56. The number of ether oxygens (including phenoxy) is 1. The second-order valence-electron chi connectivity index (χ2n) is 4.54. The Morgan fingerprint density at radius 3 is 2.50 bits per heavy atom. The predicted molar refractivity (Wildman–Crippen MR) is 70.5 cm³/mol. The van der Waals surface area contributed by atoms with Crippen molar-refractivity contribution in [2.75, 3.05) is 19.6 Å². The van der Waals surface area contributed by atoms with E-state index < -0.39 is 36.0 Å². The van der Waals surface area contributed by atoms with Crippen LogP contribution in [-0.2, 0) is 23.9 Å². The summed E-state index contributed by atoms with van der Waals surface area (Å²) in [5.74, 6) is -3.29. The number of piperazine rings is 1. The predicted octanol–water partition coefficient (Wildman–Crippen LogP) is -1.60. The van der Waals surface area contributed by atoms with Gasteiger partial charge in [-0.3, -0.25) is 19.3 Å². The summed E-state index contributed by atoms with van der Waals surface area (Å²) in [6.45, 7) is 3.49. The van der Waals surface area contributed by atoms with Crippen LogP contribution in [0, 0.1) is 0 Å². The molecule has 1 heterocycles.